The van der Waals surface area contributed by atoms with Crippen molar-refractivity contribution in [2.24, 2.45) is 10.9 Å². The normalized spacial score (nSPS) is 27.4. The minimum Gasteiger partial charge on any atom is -0.357 e. The van der Waals surface area contributed by atoms with E-state index in [2.05, 4.69) is 36.6 Å². The van der Waals surface area contributed by atoms with Crippen LogP contribution in [-0.4, -0.2) is 65.3 Å². The molecule has 0 aromatic heterocycles. The Bertz CT molecular complexity index is 477. The van der Waals surface area contributed by atoms with Crippen LogP contribution in [0.2, 0.25) is 0 Å². The monoisotopic (exact) mass is 398 g/mol. The molecule has 0 bridgehead atoms. The number of aliphatic imine (C=N–C) groups is 1. The van der Waals surface area contributed by atoms with E-state index in [0.717, 1.165) is 56.4 Å². The van der Waals surface area contributed by atoms with Gasteiger partial charge in [-0.3, -0.25) is 9.20 Å². The second-order valence-electron chi connectivity index (χ2n) is 8.45. The molecule has 0 amide bonds. The van der Waals surface area contributed by atoms with Crippen molar-refractivity contribution in [1.82, 2.24) is 15.5 Å². The summed E-state index contributed by atoms with van der Waals surface area (Å²) in [6, 6.07) is 0.914. The van der Waals surface area contributed by atoms with Crippen LogP contribution in [0.1, 0.15) is 71.6 Å². The third kappa shape index (κ3) is 7.37. The molecule has 0 spiro atoms. The van der Waals surface area contributed by atoms with Crippen molar-refractivity contribution in [3.05, 3.63) is 0 Å². The van der Waals surface area contributed by atoms with Crippen molar-refractivity contribution in [3.63, 3.8) is 0 Å². The molecule has 2 aliphatic carbocycles. The molecule has 4 unspecified atom stereocenters. The van der Waals surface area contributed by atoms with Gasteiger partial charge in [-0.05, 0) is 59.0 Å². The Hall–Kier alpha value is -0.620. The first kappa shape index (κ1) is 22.7. The van der Waals surface area contributed by atoms with Crippen LogP contribution in [0.3, 0.4) is 0 Å². The molecule has 0 aromatic carbocycles. The molecule has 5 nitrogen and oxygen atoms in total. The molecular formula is C21H42N4OS. The van der Waals surface area contributed by atoms with Crippen molar-refractivity contribution in [2.75, 3.05) is 32.9 Å². The third-order valence-corrected chi connectivity index (χ3v) is 8.00. The molecule has 2 aliphatic rings. The zero-order valence-electron chi connectivity index (χ0n) is 18.0. The van der Waals surface area contributed by atoms with Gasteiger partial charge in [0, 0.05) is 40.4 Å². The van der Waals surface area contributed by atoms with E-state index in [9.17, 15) is 4.21 Å². The highest BCUT2D eigenvalue weighted by atomic mass is 32.2. The Morgan fingerprint density at radius 2 is 1.85 bits per heavy atom. The molecule has 2 rings (SSSR count). The second-order valence-corrected chi connectivity index (χ2v) is 10.5. The smallest absolute Gasteiger partial charge is 0.191 e. The first-order valence-electron chi connectivity index (χ1n) is 11.1. The number of nitrogens with one attached hydrogen (secondary N) is 2. The summed E-state index contributed by atoms with van der Waals surface area (Å²) in [5.74, 6) is 2.48. The van der Waals surface area contributed by atoms with Crippen LogP contribution in [0.25, 0.3) is 0 Å². The van der Waals surface area contributed by atoms with E-state index in [1.54, 1.807) is 0 Å². The highest BCUT2D eigenvalue weighted by Crippen LogP contribution is 2.28. The average molecular weight is 399 g/mol. The van der Waals surface area contributed by atoms with Gasteiger partial charge in [0.2, 0.25) is 0 Å². The number of nitrogens with zero attached hydrogens (tertiary/aromatic N) is 2. The topological polar surface area (TPSA) is 56.7 Å². The summed E-state index contributed by atoms with van der Waals surface area (Å²) in [5.41, 5.74) is 0. The lowest BCUT2D eigenvalue weighted by Crippen LogP contribution is -2.47. The Balaban J connectivity index is 1.96. The Morgan fingerprint density at radius 3 is 2.48 bits per heavy atom. The van der Waals surface area contributed by atoms with Crippen LogP contribution < -0.4 is 10.6 Å². The first-order valence-corrected chi connectivity index (χ1v) is 12.5. The summed E-state index contributed by atoms with van der Waals surface area (Å²) < 4.78 is 12.2. The summed E-state index contributed by atoms with van der Waals surface area (Å²) in [4.78, 5) is 7.34. The molecule has 4 atom stereocenters. The van der Waals surface area contributed by atoms with Gasteiger partial charge >= 0.3 is 0 Å². The zero-order valence-corrected chi connectivity index (χ0v) is 18.8. The number of guanidine groups is 1. The van der Waals surface area contributed by atoms with Crippen LogP contribution in [0.5, 0.6) is 0 Å². The fourth-order valence-corrected chi connectivity index (χ4v) is 6.05. The van der Waals surface area contributed by atoms with Gasteiger partial charge < -0.3 is 15.5 Å². The second kappa shape index (κ2) is 12.1. The van der Waals surface area contributed by atoms with E-state index in [1.807, 2.05) is 6.92 Å². The lowest BCUT2D eigenvalue weighted by Gasteiger charge is -2.34. The first-order chi connectivity index (χ1) is 13.0. The molecule has 0 saturated heterocycles. The van der Waals surface area contributed by atoms with Crippen LogP contribution in [0, 0.1) is 5.92 Å². The van der Waals surface area contributed by atoms with Crippen LogP contribution in [0.4, 0.5) is 0 Å². The minimum atomic E-state index is -0.680. The highest BCUT2D eigenvalue weighted by Gasteiger charge is 2.27. The van der Waals surface area contributed by atoms with E-state index in [0.29, 0.717) is 17.3 Å². The van der Waals surface area contributed by atoms with Gasteiger partial charge in [0.25, 0.3) is 0 Å². The standard InChI is InChI=1S/C21H42N4OS/c1-5-22-21(24-18-13-10-14-19(15-18)27(26)6-2)23-16-20(25(3)4)17-11-8-7-9-12-17/h17-20H,5-16H2,1-4H3,(H2,22,23,24). The maximum atomic E-state index is 12.2. The summed E-state index contributed by atoms with van der Waals surface area (Å²) in [6.45, 7) is 5.88. The molecule has 158 valence electrons. The molecule has 6 heteroatoms. The van der Waals surface area contributed by atoms with Crippen molar-refractivity contribution in [2.45, 2.75) is 89.0 Å². The van der Waals surface area contributed by atoms with Gasteiger partial charge in [0.05, 0.1) is 6.54 Å². The molecule has 2 fully saturated rings. The van der Waals surface area contributed by atoms with E-state index in [1.165, 1.54) is 32.1 Å². The van der Waals surface area contributed by atoms with Crippen molar-refractivity contribution < 1.29 is 4.21 Å². The predicted molar refractivity (Wildman–Crippen MR) is 118 cm³/mol. The molecule has 0 aliphatic heterocycles. The number of hydrogen-bond donors (Lipinski definition) is 2. The van der Waals surface area contributed by atoms with Gasteiger partial charge in [-0.2, -0.15) is 0 Å². The fourth-order valence-electron chi connectivity index (χ4n) is 4.70. The van der Waals surface area contributed by atoms with Gasteiger partial charge in [-0.1, -0.05) is 32.6 Å². The quantitative estimate of drug-likeness (QED) is 0.487. The van der Waals surface area contributed by atoms with Crippen LogP contribution in [0.15, 0.2) is 4.99 Å². The van der Waals surface area contributed by atoms with E-state index < -0.39 is 10.8 Å². The van der Waals surface area contributed by atoms with Gasteiger partial charge in [-0.25, -0.2) is 0 Å². The van der Waals surface area contributed by atoms with E-state index in [-0.39, 0.29) is 0 Å². The molecule has 0 heterocycles. The SMILES string of the molecule is CCNC(=NCC(C1CCCCC1)N(C)C)NC1CCCC(S(=O)CC)C1. The van der Waals surface area contributed by atoms with Gasteiger partial charge in [0.1, 0.15) is 0 Å². The molecule has 0 radical (unpaired) electrons. The number of likely N-dealkylation sites (N-methyl/N-ethyl adjacent to an activating group) is 1. The average Bonchev–Trinajstić information content (AvgIpc) is 2.68. The maximum Gasteiger partial charge on any atom is 0.191 e. The summed E-state index contributed by atoms with van der Waals surface area (Å²) >= 11 is 0. The molecule has 0 aromatic rings. The van der Waals surface area contributed by atoms with Gasteiger partial charge in [-0.15, -0.1) is 0 Å². The summed E-state index contributed by atoms with van der Waals surface area (Å²) in [7, 11) is 3.71. The molecule has 2 N–H and O–H groups in total. The van der Waals surface area contributed by atoms with Crippen LogP contribution >= 0.6 is 0 Å². The number of rotatable bonds is 8. The maximum absolute atomic E-state index is 12.2. The largest absolute Gasteiger partial charge is 0.357 e. The van der Waals surface area contributed by atoms with E-state index in [4.69, 9.17) is 4.99 Å². The zero-order chi connectivity index (χ0) is 19.6. The fraction of sp³-hybridized carbons (Fsp3) is 0.952. The van der Waals surface area contributed by atoms with Crippen molar-refractivity contribution >= 4 is 16.8 Å². The summed E-state index contributed by atoms with van der Waals surface area (Å²) in [6.07, 6.45) is 11.2. The lowest BCUT2D eigenvalue weighted by atomic mass is 9.83. The molecular weight excluding hydrogens is 356 g/mol. The third-order valence-electron chi connectivity index (χ3n) is 6.26. The van der Waals surface area contributed by atoms with Crippen molar-refractivity contribution in [1.29, 1.82) is 0 Å². The Kier molecular flexibility index (Phi) is 10.1. The lowest BCUT2D eigenvalue weighted by molar-refractivity contribution is 0.176. The predicted octanol–water partition coefficient (Wildman–Crippen LogP) is 3.13. The van der Waals surface area contributed by atoms with E-state index >= 15 is 0 Å². The van der Waals surface area contributed by atoms with Crippen LogP contribution in [-0.2, 0) is 10.8 Å². The Labute approximate surface area is 169 Å². The number of hydrogen-bond acceptors (Lipinski definition) is 3. The van der Waals surface area contributed by atoms with Crippen molar-refractivity contribution in [3.8, 4) is 0 Å². The highest BCUT2D eigenvalue weighted by molar-refractivity contribution is 7.85. The van der Waals surface area contributed by atoms with Gasteiger partial charge in [0.15, 0.2) is 5.96 Å². The molecule has 2 saturated carbocycles. The minimum absolute atomic E-state index is 0.348. The molecule has 27 heavy (non-hydrogen) atoms. The Morgan fingerprint density at radius 1 is 1.11 bits per heavy atom. The summed E-state index contributed by atoms with van der Waals surface area (Å²) in [5, 5.41) is 7.43.